The molecule has 2 fully saturated rings. The Morgan fingerprint density at radius 1 is 1.08 bits per heavy atom. The predicted octanol–water partition coefficient (Wildman–Crippen LogP) is 2.32. The third-order valence-electron chi connectivity index (χ3n) is 6.36. The van der Waals surface area contributed by atoms with Gasteiger partial charge in [-0.15, -0.1) is 0 Å². The van der Waals surface area contributed by atoms with Crippen LogP contribution in [0.2, 0.25) is 5.02 Å². The van der Waals surface area contributed by atoms with Crippen molar-refractivity contribution in [3.8, 4) is 5.75 Å². The van der Waals surface area contributed by atoms with Crippen LogP contribution in [0.5, 0.6) is 5.75 Å². The highest BCUT2D eigenvalue weighted by atomic mass is 35.5. The summed E-state index contributed by atoms with van der Waals surface area (Å²) < 4.78 is 22.3. The van der Waals surface area contributed by atoms with Gasteiger partial charge in [-0.25, -0.2) is 4.79 Å². The smallest absolute Gasteiger partial charge is 0.409 e. The second-order valence-corrected chi connectivity index (χ2v) is 9.72. The van der Waals surface area contributed by atoms with Crippen LogP contribution in [0.4, 0.5) is 4.79 Å². The zero-order valence-corrected chi connectivity index (χ0v) is 21.0. The van der Waals surface area contributed by atoms with Crippen molar-refractivity contribution in [3.05, 3.63) is 64.2 Å². The zero-order chi connectivity index (χ0) is 25.8. The monoisotopic (exact) mass is 521 g/mol. The summed E-state index contributed by atoms with van der Waals surface area (Å²) in [6, 6.07) is 13.0. The van der Waals surface area contributed by atoms with E-state index in [0.717, 1.165) is 29.9 Å². The first-order valence-corrected chi connectivity index (χ1v) is 12.3. The van der Waals surface area contributed by atoms with Gasteiger partial charge in [-0.3, -0.25) is 0 Å². The van der Waals surface area contributed by atoms with E-state index >= 15 is 0 Å². The molecule has 3 N–H and O–H groups in total. The zero-order valence-electron chi connectivity index (χ0n) is 20.2. The van der Waals surface area contributed by atoms with Gasteiger partial charge in [-0.05, 0) is 41.3 Å². The molecule has 0 aromatic heterocycles. The molecule has 0 aliphatic carbocycles. The molecule has 2 heterocycles. The second-order valence-electron chi connectivity index (χ2n) is 9.31. The number of carbonyl (C=O) groups excluding carboxylic acids is 1. The first-order chi connectivity index (χ1) is 17.2. The number of benzene rings is 2. The minimum Gasteiger partial charge on any atom is -0.488 e. The Morgan fingerprint density at radius 3 is 2.50 bits per heavy atom. The fraction of sp³-hybridized carbons (Fsp3) is 0.500. The minimum absolute atomic E-state index is 0.0768. The number of hydrogen-bond donors (Lipinski definition) is 3. The molecule has 196 valence electrons. The maximum atomic E-state index is 11.8. The number of rotatable bonds is 7. The molecule has 2 aromatic carbocycles. The van der Waals surface area contributed by atoms with Gasteiger partial charge in [-0.2, -0.15) is 0 Å². The van der Waals surface area contributed by atoms with Gasteiger partial charge in [0.2, 0.25) is 0 Å². The van der Waals surface area contributed by atoms with Crippen LogP contribution >= 0.6 is 11.6 Å². The van der Waals surface area contributed by atoms with Crippen molar-refractivity contribution < 1.29 is 39.1 Å². The summed E-state index contributed by atoms with van der Waals surface area (Å²) in [6.07, 6.45) is -5.38. The lowest BCUT2D eigenvalue weighted by molar-refractivity contribution is -0.231. The van der Waals surface area contributed by atoms with E-state index in [0.29, 0.717) is 23.6 Å². The number of halogens is 1. The Morgan fingerprint density at radius 2 is 1.83 bits per heavy atom. The van der Waals surface area contributed by atoms with Crippen molar-refractivity contribution >= 4 is 17.7 Å². The largest absolute Gasteiger partial charge is 0.488 e. The molecule has 6 atom stereocenters. The van der Waals surface area contributed by atoms with Crippen LogP contribution in [0.15, 0.2) is 42.5 Å². The van der Waals surface area contributed by atoms with Crippen molar-refractivity contribution in [2.75, 3.05) is 33.9 Å². The molecule has 2 aliphatic heterocycles. The quantitative estimate of drug-likeness (QED) is 0.508. The van der Waals surface area contributed by atoms with Crippen LogP contribution in [0, 0.1) is 0 Å². The molecule has 0 spiro atoms. The van der Waals surface area contributed by atoms with Gasteiger partial charge in [0, 0.05) is 25.5 Å². The lowest BCUT2D eigenvalue weighted by Gasteiger charge is -2.40. The van der Waals surface area contributed by atoms with Crippen LogP contribution in [-0.4, -0.2) is 90.7 Å². The van der Waals surface area contributed by atoms with Gasteiger partial charge in [-0.1, -0.05) is 35.9 Å². The summed E-state index contributed by atoms with van der Waals surface area (Å²) in [5, 5.41) is 32.0. The summed E-state index contributed by atoms with van der Waals surface area (Å²) in [5.74, 6) is 0.779. The number of aliphatic hydroxyl groups excluding tert-OH is 3. The molecular weight excluding hydrogens is 490 g/mol. The van der Waals surface area contributed by atoms with Gasteiger partial charge < -0.3 is 39.2 Å². The Labute approximate surface area is 215 Å². The van der Waals surface area contributed by atoms with Crippen molar-refractivity contribution in [1.82, 2.24) is 4.90 Å². The number of nitrogens with zero attached hydrogens (tertiary/aromatic N) is 1. The van der Waals surface area contributed by atoms with Gasteiger partial charge in [0.25, 0.3) is 0 Å². The molecule has 1 amide bonds. The Hall–Kier alpha value is -2.40. The van der Waals surface area contributed by atoms with Crippen LogP contribution < -0.4 is 4.74 Å². The van der Waals surface area contributed by atoms with Crippen LogP contribution in [0.25, 0.3) is 0 Å². The van der Waals surface area contributed by atoms with Gasteiger partial charge in [0.1, 0.15) is 49.0 Å². The molecule has 2 aliphatic rings. The Bertz CT molecular complexity index is 1030. The van der Waals surface area contributed by atoms with E-state index < -0.39 is 36.6 Å². The summed E-state index contributed by atoms with van der Waals surface area (Å²) >= 11 is 6.47. The Kier molecular flexibility index (Phi) is 8.71. The maximum Gasteiger partial charge on any atom is 0.409 e. The third-order valence-corrected chi connectivity index (χ3v) is 6.72. The van der Waals surface area contributed by atoms with E-state index in [2.05, 4.69) is 0 Å². The van der Waals surface area contributed by atoms with E-state index in [-0.39, 0.29) is 12.7 Å². The Balaban J connectivity index is 1.46. The average molecular weight is 522 g/mol. The third kappa shape index (κ3) is 6.29. The molecule has 36 heavy (non-hydrogen) atoms. The van der Waals surface area contributed by atoms with E-state index in [4.69, 9.17) is 30.5 Å². The van der Waals surface area contributed by atoms with Crippen LogP contribution in [0.1, 0.15) is 29.2 Å². The lowest BCUT2D eigenvalue weighted by Crippen LogP contribution is -2.55. The topological polar surface area (TPSA) is 118 Å². The molecule has 4 rings (SSSR count). The van der Waals surface area contributed by atoms with Crippen molar-refractivity contribution in [2.45, 2.75) is 49.5 Å². The van der Waals surface area contributed by atoms with E-state index in [9.17, 15) is 20.1 Å². The highest BCUT2D eigenvalue weighted by Crippen LogP contribution is 2.35. The summed E-state index contributed by atoms with van der Waals surface area (Å²) in [7, 11) is 3.06. The fourth-order valence-electron chi connectivity index (χ4n) is 4.26. The molecule has 2 aromatic rings. The maximum absolute atomic E-state index is 11.8. The molecule has 0 radical (unpaired) electrons. The number of ether oxygens (including phenoxy) is 4. The average Bonchev–Trinajstić information content (AvgIpc) is 3.37. The SMILES string of the molecule is CN(C)C(=O)OC[C@H]1O[C@@H](c2ccc(Cl)c(Cc3ccc(OC4CCOC4)cc3)c2)[C@H](O)[C@@H](O)[C@@H]1O. The van der Waals surface area contributed by atoms with Crippen LogP contribution in [0.3, 0.4) is 0 Å². The van der Waals surface area contributed by atoms with Gasteiger partial charge in [0.05, 0.1) is 13.2 Å². The van der Waals surface area contributed by atoms with Crippen LogP contribution in [-0.2, 0) is 20.6 Å². The fourth-order valence-corrected chi connectivity index (χ4v) is 4.44. The van der Waals surface area contributed by atoms with E-state index in [1.807, 2.05) is 30.3 Å². The number of amides is 1. The first-order valence-electron chi connectivity index (χ1n) is 11.9. The number of carbonyl (C=O) groups is 1. The molecular formula is C26H32ClNO8. The van der Waals surface area contributed by atoms with E-state index in [1.165, 1.54) is 19.0 Å². The number of hydrogen-bond acceptors (Lipinski definition) is 8. The molecule has 10 heteroatoms. The predicted molar refractivity (Wildman–Crippen MR) is 131 cm³/mol. The molecule has 9 nitrogen and oxygen atoms in total. The van der Waals surface area contributed by atoms with E-state index in [1.54, 1.807) is 12.1 Å². The molecule has 0 saturated carbocycles. The molecule has 1 unspecified atom stereocenters. The van der Waals surface area contributed by atoms with Gasteiger partial charge >= 0.3 is 6.09 Å². The normalized spacial score (nSPS) is 28.1. The number of aliphatic hydroxyl groups is 3. The van der Waals surface area contributed by atoms with Crippen molar-refractivity contribution in [2.24, 2.45) is 0 Å². The minimum atomic E-state index is -1.48. The lowest BCUT2D eigenvalue weighted by atomic mass is 9.90. The second kappa shape index (κ2) is 11.8. The highest BCUT2D eigenvalue weighted by molar-refractivity contribution is 6.31. The standard InChI is InChI=1S/C26H32ClNO8/c1-28(2)26(32)34-14-21-22(29)23(30)24(31)25(36-21)16-5-8-20(27)17(12-16)11-15-3-6-18(7-4-15)35-19-9-10-33-13-19/h3-8,12,19,21-25,29-31H,9-11,13-14H2,1-2H3/t19?,21-,22-,23+,24-,25+/m1/s1. The first kappa shape index (κ1) is 26.7. The summed E-state index contributed by atoms with van der Waals surface area (Å²) in [5.41, 5.74) is 2.40. The van der Waals surface area contributed by atoms with Crippen molar-refractivity contribution in [3.63, 3.8) is 0 Å². The summed E-state index contributed by atoms with van der Waals surface area (Å²) in [4.78, 5) is 13.0. The highest BCUT2D eigenvalue weighted by Gasteiger charge is 2.44. The molecule has 2 saturated heterocycles. The molecule has 0 bridgehead atoms. The van der Waals surface area contributed by atoms with Gasteiger partial charge in [0.15, 0.2) is 0 Å². The summed E-state index contributed by atoms with van der Waals surface area (Å²) in [6.45, 7) is 1.04. The van der Waals surface area contributed by atoms with Crippen molar-refractivity contribution in [1.29, 1.82) is 0 Å².